The van der Waals surface area contributed by atoms with E-state index in [-0.39, 0.29) is 19.1 Å². The summed E-state index contributed by atoms with van der Waals surface area (Å²) in [4.78, 5) is 31.7. The Balaban J connectivity index is 3.74. The van der Waals surface area contributed by atoms with E-state index in [1.54, 1.807) is 13.8 Å². The van der Waals surface area contributed by atoms with Crippen LogP contribution >= 0.6 is 0 Å². The van der Waals surface area contributed by atoms with Crippen molar-refractivity contribution in [3.63, 3.8) is 0 Å². The molecule has 0 heterocycles. The molecule has 0 rings (SSSR count). The van der Waals surface area contributed by atoms with Gasteiger partial charge in [0, 0.05) is 12.5 Å². The largest absolute Gasteiger partial charge is 0.459 e. The van der Waals surface area contributed by atoms with E-state index >= 15 is 0 Å². The van der Waals surface area contributed by atoms with Crippen LogP contribution in [-0.4, -0.2) is 31.3 Å². The minimum absolute atomic E-state index is 0.154. The number of esters is 1. The van der Waals surface area contributed by atoms with Crippen molar-refractivity contribution in [3.8, 4) is 0 Å². The summed E-state index contributed by atoms with van der Waals surface area (Å²) in [5.41, 5.74) is 0. The number of nitrogens with one attached hydrogen (secondary N) is 1. The van der Waals surface area contributed by atoms with Crippen molar-refractivity contribution in [1.29, 1.82) is 0 Å². The first-order valence-corrected chi connectivity index (χ1v) is 4.02. The Morgan fingerprint density at radius 1 is 1.54 bits per heavy atom. The maximum Gasteiger partial charge on any atom is 0.396 e. The van der Waals surface area contributed by atoms with Gasteiger partial charge in [0.2, 0.25) is 0 Å². The Morgan fingerprint density at radius 2 is 2.15 bits per heavy atom. The number of carbonyl (C=O) groups is 3. The second-order valence-electron chi connectivity index (χ2n) is 2.54. The van der Waals surface area contributed by atoms with Crippen molar-refractivity contribution in [2.24, 2.45) is 5.92 Å². The van der Waals surface area contributed by atoms with Gasteiger partial charge in [-0.25, -0.2) is 4.79 Å². The van der Waals surface area contributed by atoms with E-state index in [1.807, 2.05) is 0 Å². The SMILES string of the molecule is CCOC(=O)C(=O)NCC(C)C=O. The normalized spacial score (nSPS) is 11.5. The lowest BCUT2D eigenvalue weighted by atomic mass is 10.2. The first-order chi connectivity index (χ1) is 6.11. The van der Waals surface area contributed by atoms with E-state index in [2.05, 4.69) is 10.1 Å². The minimum Gasteiger partial charge on any atom is -0.459 e. The molecule has 0 aliphatic carbocycles. The second-order valence-corrected chi connectivity index (χ2v) is 2.54. The van der Waals surface area contributed by atoms with Crippen molar-refractivity contribution >= 4 is 18.2 Å². The number of carbonyl (C=O) groups excluding carboxylic acids is 3. The van der Waals surface area contributed by atoms with Gasteiger partial charge in [-0.2, -0.15) is 0 Å². The highest BCUT2D eigenvalue weighted by Gasteiger charge is 2.14. The van der Waals surface area contributed by atoms with Crippen LogP contribution in [0.15, 0.2) is 0 Å². The molecule has 1 unspecified atom stereocenters. The van der Waals surface area contributed by atoms with Crippen LogP contribution in [0.2, 0.25) is 0 Å². The lowest BCUT2D eigenvalue weighted by Gasteiger charge is -2.05. The van der Waals surface area contributed by atoms with Gasteiger partial charge in [-0.05, 0) is 6.92 Å². The van der Waals surface area contributed by atoms with Gasteiger partial charge in [-0.15, -0.1) is 0 Å². The summed E-state index contributed by atoms with van der Waals surface area (Å²) in [5, 5.41) is 2.27. The van der Waals surface area contributed by atoms with Crippen molar-refractivity contribution in [2.45, 2.75) is 13.8 Å². The molecule has 0 fully saturated rings. The van der Waals surface area contributed by atoms with Crippen molar-refractivity contribution in [3.05, 3.63) is 0 Å². The van der Waals surface area contributed by atoms with Crippen LogP contribution in [0.3, 0.4) is 0 Å². The number of rotatable bonds is 4. The smallest absolute Gasteiger partial charge is 0.396 e. The quantitative estimate of drug-likeness (QED) is 0.366. The van der Waals surface area contributed by atoms with Crippen LogP contribution < -0.4 is 5.32 Å². The highest BCUT2D eigenvalue weighted by molar-refractivity contribution is 6.32. The van der Waals surface area contributed by atoms with Crippen LogP contribution in [-0.2, 0) is 19.1 Å². The molecule has 1 atom stereocenters. The maximum atomic E-state index is 10.9. The number of hydrogen-bond acceptors (Lipinski definition) is 4. The van der Waals surface area contributed by atoms with E-state index in [9.17, 15) is 14.4 Å². The van der Waals surface area contributed by atoms with Crippen molar-refractivity contribution in [2.75, 3.05) is 13.2 Å². The number of ether oxygens (including phenoxy) is 1. The second kappa shape index (κ2) is 6.16. The van der Waals surface area contributed by atoms with Gasteiger partial charge in [0.15, 0.2) is 0 Å². The molecular weight excluding hydrogens is 174 g/mol. The van der Waals surface area contributed by atoms with Crippen LogP contribution in [0.4, 0.5) is 0 Å². The Hall–Kier alpha value is -1.39. The molecule has 0 aliphatic heterocycles. The summed E-state index contributed by atoms with van der Waals surface area (Å²) in [6.45, 7) is 3.56. The monoisotopic (exact) mass is 187 g/mol. The molecule has 0 saturated heterocycles. The zero-order valence-corrected chi connectivity index (χ0v) is 7.70. The Kier molecular flexibility index (Phi) is 5.50. The average Bonchev–Trinajstić information content (AvgIpc) is 2.13. The molecule has 0 saturated carbocycles. The first-order valence-electron chi connectivity index (χ1n) is 4.02. The Labute approximate surface area is 76.4 Å². The topological polar surface area (TPSA) is 72.5 Å². The van der Waals surface area contributed by atoms with Gasteiger partial charge in [0.05, 0.1) is 6.61 Å². The molecule has 0 aliphatic rings. The lowest BCUT2D eigenvalue weighted by molar-refractivity contribution is -0.154. The van der Waals surface area contributed by atoms with Crippen molar-refractivity contribution < 1.29 is 19.1 Å². The van der Waals surface area contributed by atoms with Gasteiger partial charge in [-0.3, -0.25) is 4.79 Å². The summed E-state index contributed by atoms with van der Waals surface area (Å²) < 4.78 is 4.43. The van der Waals surface area contributed by atoms with Crippen molar-refractivity contribution in [1.82, 2.24) is 5.32 Å². The summed E-state index contributed by atoms with van der Waals surface area (Å²) >= 11 is 0. The molecule has 0 aromatic carbocycles. The van der Waals surface area contributed by atoms with Gasteiger partial charge in [-0.1, -0.05) is 6.92 Å². The summed E-state index contributed by atoms with van der Waals surface area (Å²) in [7, 11) is 0. The molecule has 13 heavy (non-hydrogen) atoms. The standard InChI is InChI=1S/C8H13NO4/c1-3-13-8(12)7(11)9-4-6(2)5-10/h5-6H,3-4H2,1-2H3,(H,9,11). The molecule has 0 aromatic heterocycles. The summed E-state index contributed by atoms with van der Waals surface area (Å²) in [6.07, 6.45) is 0.700. The predicted molar refractivity (Wildman–Crippen MR) is 44.9 cm³/mol. The van der Waals surface area contributed by atoms with E-state index in [0.717, 1.165) is 0 Å². The number of hydrogen-bond donors (Lipinski definition) is 1. The zero-order chi connectivity index (χ0) is 10.3. The highest BCUT2D eigenvalue weighted by Crippen LogP contribution is 1.85. The first kappa shape index (κ1) is 11.6. The fourth-order valence-corrected chi connectivity index (χ4v) is 0.571. The number of amides is 1. The van der Waals surface area contributed by atoms with Gasteiger partial charge in [0.25, 0.3) is 0 Å². The van der Waals surface area contributed by atoms with E-state index in [4.69, 9.17) is 0 Å². The third kappa shape index (κ3) is 4.95. The third-order valence-corrected chi connectivity index (χ3v) is 1.28. The zero-order valence-electron chi connectivity index (χ0n) is 7.70. The minimum atomic E-state index is -0.916. The molecule has 1 N–H and O–H groups in total. The summed E-state index contributed by atoms with van der Waals surface area (Å²) in [6, 6.07) is 0. The average molecular weight is 187 g/mol. The fraction of sp³-hybridized carbons (Fsp3) is 0.625. The molecule has 74 valence electrons. The predicted octanol–water partition coefficient (Wildman–Crippen LogP) is -0.499. The van der Waals surface area contributed by atoms with Crippen LogP contribution in [0.1, 0.15) is 13.8 Å². The van der Waals surface area contributed by atoms with E-state index in [1.165, 1.54) is 0 Å². The third-order valence-electron chi connectivity index (χ3n) is 1.28. The molecule has 0 spiro atoms. The highest BCUT2D eigenvalue weighted by atomic mass is 16.5. The molecule has 0 aromatic rings. The molecule has 1 amide bonds. The van der Waals surface area contributed by atoms with Crippen LogP contribution in [0, 0.1) is 5.92 Å². The Morgan fingerprint density at radius 3 is 2.62 bits per heavy atom. The molecule has 0 radical (unpaired) electrons. The Bertz CT molecular complexity index is 202. The lowest BCUT2D eigenvalue weighted by Crippen LogP contribution is -2.35. The van der Waals surface area contributed by atoms with E-state index < -0.39 is 11.9 Å². The van der Waals surface area contributed by atoms with Gasteiger partial charge >= 0.3 is 11.9 Å². The van der Waals surface area contributed by atoms with Gasteiger partial charge < -0.3 is 14.8 Å². The van der Waals surface area contributed by atoms with E-state index in [0.29, 0.717) is 6.29 Å². The van der Waals surface area contributed by atoms with Crippen LogP contribution in [0.5, 0.6) is 0 Å². The van der Waals surface area contributed by atoms with Gasteiger partial charge in [0.1, 0.15) is 6.29 Å². The molecular formula is C8H13NO4. The molecule has 5 heteroatoms. The number of aldehydes is 1. The molecule has 5 nitrogen and oxygen atoms in total. The summed E-state index contributed by atoms with van der Waals surface area (Å²) in [5.74, 6) is -2.02. The fourth-order valence-electron chi connectivity index (χ4n) is 0.571. The van der Waals surface area contributed by atoms with Crippen LogP contribution in [0.25, 0.3) is 0 Å². The molecule has 0 bridgehead atoms. The maximum absolute atomic E-state index is 10.9.